The van der Waals surface area contributed by atoms with Gasteiger partial charge in [-0.15, -0.1) is 0 Å². The molecule has 0 aromatic carbocycles. The Morgan fingerprint density at radius 3 is 2.16 bits per heavy atom. The third-order valence-corrected chi connectivity index (χ3v) is 2.46. The molecule has 3 N–H and O–H groups in total. The van der Waals surface area contributed by atoms with Crippen LogP contribution in [0, 0.1) is 5.92 Å². The van der Waals surface area contributed by atoms with E-state index in [-0.39, 0.29) is 6.42 Å². The Morgan fingerprint density at radius 2 is 1.79 bits per heavy atom. The molecule has 0 amide bonds. The van der Waals surface area contributed by atoms with Gasteiger partial charge in [-0.3, -0.25) is 9.59 Å². The van der Waals surface area contributed by atoms with E-state index in [0.29, 0.717) is 23.4 Å². The largest absolute Gasteiger partial charge is 0.481 e. The van der Waals surface area contributed by atoms with Crippen molar-refractivity contribution in [1.82, 2.24) is 0 Å². The van der Waals surface area contributed by atoms with Crippen LogP contribution in [0.2, 0.25) is 0 Å². The Labute approximate surface area is 115 Å². The van der Waals surface area contributed by atoms with Gasteiger partial charge < -0.3 is 20.1 Å². The topological polar surface area (TPSA) is 89.6 Å². The number of quaternary nitrogens is 1. The number of nitrogens with zero attached hydrogens (tertiary/aromatic N) is 1. The zero-order chi connectivity index (χ0) is 15.2. The first-order valence-electron chi connectivity index (χ1n) is 6.49. The minimum absolute atomic E-state index is 0.199. The molecule has 0 fully saturated rings. The zero-order valence-electron chi connectivity index (χ0n) is 12.5. The highest BCUT2D eigenvalue weighted by molar-refractivity contribution is 5.76. The van der Waals surface area contributed by atoms with Crippen molar-refractivity contribution in [2.45, 2.75) is 38.8 Å². The number of ether oxygens (including phenoxy) is 1. The quantitative estimate of drug-likeness (QED) is 0.496. The summed E-state index contributed by atoms with van der Waals surface area (Å²) in [6.07, 6.45) is -0.318. The molecule has 0 heterocycles. The molecule has 2 atom stereocenters. The summed E-state index contributed by atoms with van der Waals surface area (Å²) in [6, 6.07) is -0.691. The van der Waals surface area contributed by atoms with Crippen LogP contribution in [0.1, 0.15) is 26.7 Å². The van der Waals surface area contributed by atoms with Gasteiger partial charge >= 0.3 is 11.9 Å². The lowest BCUT2D eigenvalue weighted by atomic mass is 10.0. The third kappa shape index (κ3) is 9.44. The molecule has 0 rings (SSSR count). The van der Waals surface area contributed by atoms with Crippen molar-refractivity contribution >= 4 is 11.9 Å². The number of esters is 1. The Kier molecular flexibility index (Phi) is 7.00. The van der Waals surface area contributed by atoms with Gasteiger partial charge in [0.15, 0.2) is 6.10 Å². The lowest BCUT2D eigenvalue weighted by Crippen LogP contribution is -2.45. The van der Waals surface area contributed by atoms with Crippen LogP contribution in [0.4, 0.5) is 0 Å². The molecule has 0 aromatic heterocycles. The Morgan fingerprint density at radius 1 is 1.26 bits per heavy atom. The van der Waals surface area contributed by atoms with Gasteiger partial charge in [0, 0.05) is 0 Å². The van der Waals surface area contributed by atoms with Gasteiger partial charge in [-0.25, -0.2) is 0 Å². The van der Waals surface area contributed by atoms with E-state index in [0.717, 1.165) is 0 Å². The van der Waals surface area contributed by atoms with E-state index in [1.807, 2.05) is 35.0 Å². The number of nitrogens with two attached hydrogens (primary N) is 1. The van der Waals surface area contributed by atoms with Crippen LogP contribution in [-0.2, 0) is 14.3 Å². The average Bonchev–Trinajstić information content (AvgIpc) is 2.11. The first kappa shape index (κ1) is 17.9. The molecule has 0 bridgehead atoms. The molecule has 6 nitrogen and oxygen atoms in total. The SMILES string of the molecule is CC(C)C[C@H](N)C(=O)O[C@H](CC(=O)O)C[N+](C)(C)C. The summed E-state index contributed by atoms with van der Waals surface area (Å²) in [5.74, 6) is -1.21. The maximum absolute atomic E-state index is 11.8. The van der Waals surface area contributed by atoms with Crippen LogP contribution in [-0.4, -0.2) is 61.4 Å². The van der Waals surface area contributed by atoms with Crippen molar-refractivity contribution in [2.75, 3.05) is 27.7 Å². The average molecular weight is 275 g/mol. The fraction of sp³-hybridized carbons (Fsp3) is 0.846. The van der Waals surface area contributed by atoms with E-state index in [1.54, 1.807) is 0 Å². The smallest absolute Gasteiger partial charge is 0.323 e. The summed E-state index contributed by atoms with van der Waals surface area (Å²) in [5, 5.41) is 8.85. The standard InChI is InChI=1S/C13H26N2O4/c1-9(2)6-11(14)13(18)19-10(7-12(16)17)8-15(3,4)5/h9-11H,6-8,14H2,1-5H3/p+1/t10-,11+/m1/s1. The Hall–Kier alpha value is -1.14. The monoisotopic (exact) mass is 275 g/mol. The first-order valence-corrected chi connectivity index (χ1v) is 6.49. The van der Waals surface area contributed by atoms with Crippen molar-refractivity contribution in [3.63, 3.8) is 0 Å². The molecule has 112 valence electrons. The number of rotatable bonds is 8. The normalized spacial score (nSPS) is 15.1. The van der Waals surface area contributed by atoms with Crippen molar-refractivity contribution in [2.24, 2.45) is 11.7 Å². The van der Waals surface area contributed by atoms with E-state index in [1.165, 1.54) is 0 Å². The van der Waals surface area contributed by atoms with Crippen LogP contribution in [0.15, 0.2) is 0 Å². The van der Waals surface area contributed by atoms with Crippen LogP contribution in [0.25, 0.3) is 0 Å². The number of carbonyl (C=O) groups is 2. The molecule has 0 aliphatic rings. The van der Waals surface area contributed by atoms with Gasteiger partial charge in [0.2, 0.25) is 0 Å². The minimum atomic E-state index is -0.983. The number of aliphatic carboxylic acids is 1. The number of carbonyl (C=O) groups excluding carboxylic acids is 1. The number of carboxylic acids is 1. The second-order valence-corrected chi connectivity index (χ2v) is 6.37. The molecule has 6 heteroatoms. The highest BCUT2D eigenvalue weighted by Crippen LogP contribution is 2.09. The molecule has 0 aromatic rings. The van der Waals surface area contributed by atoms with Gasteiger partial charge in [-0.1, -0.05) is 13.8 Å². The van der Waals surface area contributed by atoms with Crippen LogP contribution < -0.4 is 5.73 Å². The fourth-order valence-corrected chi connectivity index (χ4v) is 1.80. The minimum Gasteiger partial charge on any atom is -0.481 e. The summed E-state index contributed by atoms with van der Waals surface area (Å²) in [6.45, 7) is 4.37. The molecular weight excluding hydrogens is 248 g/mol. The summed E-state index contributed by atoms with van der Waals surface area (Å²) >= 11 is 0. The van der Waals surface area contributed by atoms with Crippen molar-refractivity contribution in [3.8, 4) is 0 Å². The summed E-state index contributed by atoms with van der Waals surface area (Å²) in [5.41, 5.74) is 5.73. The molecule has 0 aliphatic heterocycles. The molecule has 0 unspecified atom stereocenters. The van der Waals surface area contributed by atoms with Gasteiger partial charge in [0.25, 0.3) is 0 Å². The molecule has 0 radical (unpaired) electrons. The van der Waals surface area contributed by atoms with E-state index in [2.05, 4.69) is 0 Å². The second kappa shape index (κ2) is 7.45. The molecule has 0 aliphatic carbocycles. The molecular formula is C13H27N2O4+. The third-order valence-electron chi connectivity index (χ3n) is 2.46. The molecule has 0 saturated heterocycles. The maximum Gasteiger partial charge on any atom is 0.323 e. The van der Waals surface area contributed by atoms with E-state index in [9.17, 15) is 9.59 Å². The van der Waals surface area contributed by atoms with E-state index in [4.69, 9.17) is 15.6 Å². The highest BCUT2D eigenvalue weighted by Gasteiger charge is 2.27. The number of hydrogen-bond donors (Lipinski definition) is 2. The first-order chi connectivity index (χ1) is 8.51. The zero-order valence-corrected chi connectivity index (χ0v) is 12.5. The molecule has 19 heavy (non-hydrogen) atoms. The van der Waals surface area contributed by atoms with Crippen molar-refractivity contribution in [3.05, 3.63) is 0 Å². The van der Waals surface area contributed by atoms with Gasteiger partial charge in [-0.05, 0) is 12.3 Å². The van der Waals surface area contributed by atoms with E-state index >= 15 is 0 Å². The highest BCUT2D eigenvalue weighted by atomic mass is 16.5. The Balaban J connectivity index is 4.54. The van der Waals surface area contributed by atoms with Gasteiger partial charge in [0.05, 0.1) is 27.6 Å². The predicted molar refractivity (Wildman–Crippen MR) is 72.5 cm³/mol. The maximum atomic E-state index is 11.8. The van der Waals surface area contributed by atoms with Gasteiger partial charge in [0.1, 0.15) is 12.6 Å². The van der Waals surface area contributed by atoms with Crippen LogP contribution >= 0.6 is 0 Å². The lowest BCUT2D eigenvalue weighted by Gasteiger charge is -2.29. The van der Waals surface area contributed by atoms with E-state index < -0.39 is 24.1 Å². The number of hydrogen-bond acceptors (Lipinski definition) is 4. The fourth-order valence-electron chi connectivity index (χ4n) is 1.80. The molecule has 0 spiro atoms. The summed E-state index contributed by atoms with van der Waals surface area (Å²) in [4.78, 5) is 22.6. The second-order valence-electron chi connectivity index (χ2n) is 6.37. The molecule has 0 saturated carbocycles. The van der Waals surface area contributed by atoms with Crippen LogP contribution in [0.3, 0.4) is 0 Å². The lowest BCUT2D eigenvalue weighted by molar-refractivity contribution is -0.873. The van der Waals surface area contributed by atoms with Crippen molar-refractivity contribution in [1.29, 1.82) is 0 Å². The van der Waals surface area contributed by atoms with Crippen molar-refractivity contribution < 1.29 is 23.9 Å². The number of carboxylic acid groups (broad SMARTS) is 1. The summed E-state index contributed by atoms with van der Waals surface area (Å²) < 4.78 is 5.76. The van der Waals surface area contributed by atoms with Gasteiger partial charge in [-0.2, -0.15) is 0 Å². The Bertz CT molecular complexity index is 310. The van der Waals surface area contributed by atoms with Crippen LogP contribution in [0.5, 0.6) is 0 Å². The summed E-state index contributed by atoms with van der Waals surface area (Å²) in [7, 11) is 5.74. The predicted octanol–water partition coefficient (Wildman–Crippen LogP) is 0.453. The number of likely N-dealkylation sites (N-methyl/N-ethyl adjacent to an activating group) is 1.